The van der Waals surface area contributed by atoms with Crippen molar-refractivity contribution in [2.24, 2.45) is 5.92 Å². The van der Waals surface area contributed by atoms with Gasteiger partial charge in [-0.15, -0.1) is 0 Å². The summed E-state index contributed by atoms with van der Waals surface area (Å²) >= 11 is 6.19. The Labute approximate surface area is 189 Å². The molecule has 0 amide bonds. The Hall–Kier alpha value is -2.30. The molecular weight excluding hydrogens is 442 g/mol. The van der Waals surface area contributed by atoms with Gasteiger partial charge in [-0.25, -0.2) is 18.7 Å². The van der Waals surface area contributed by atoms with E-state index < -0.39 is 11.8 Å². The van der Waals surface area contributed by atoms with Crippen LogP contribution in [0.3, 0.4) is 0 Å². The number of aromatic nitrogens is 3. The molecule has 2 aromatic heterocycles. The van der Waals surface area contributed by atoms with Gasteiger partial charge in [-0.1, -0.05) is 11.6 Å². The van der Waals surface area contributed by atoms with E-state index in [-0.39, 0.29) is 37.6 Å². The van der Waals surface area contributed by atoms with Crippen molar-refractivity contribution < 1.29 is 18.6 Å². The zero-order valence-electron chi connectivity index (χ0n) is 17.4. The Bertz CT molecular complexity index is 969. The summed E-state index contributed by atoms with van der Waals surface area (Å²) in [4.78, 5) is 17.6. The Balaban J connectivity index is 1.24. The van der Waals surface area contributed by atoms with Gasteiger partial charge >= 0.3 is 0 Å². The highest BCUT2D eigenvalue weighted by Crippen LogP contribution is 2.50. The lowest BCUT2D eigenvalue weighted by Crippen LogP contribution is -2.54. The van der Waals surface area contributed by atoms with Crippen molar-refractivity contribution in [3.05, 3.63) is 29.5 Å². The van der Waals surface area contributed by atoms with E-state index in [9.17, 15) is 8.78 Å². The zero-order valence-corrected chi connectivity index (χ0v) is 18.2. The highest BCUT2D eigenvalue weighted by Gasteiger charge is 2.58. The fourth-order valence-corrected chi connectivity index (χ4v) is 4.88. The minimum Gasteiger partial charge on any atom is -0.474 e. The molecule has 2 aromatic rings. The third kappa shape index (κ3) is 4.44. The standard InChI is InChI=1S/C21H25ClF2N6O2/c22-17-7-14(9-26-19(17)32-6-5-31)27-20-25-4-3-18(28-20)29-11-15-1-2-16(12-29)30(15)10-13-8-21(13,23)24/h3-4,7,9,13,15-16,31H,1-2,5-6,8,10-12H2,(H,25,27,28)/t13-,15-,16+/m0/s1. The Morgan fingerprint density at radius 2 is 2.00 bits per heavy atom. The number of fused-ring (bicyclic) bond motifs is 2. The number of halogens is 3. The molecule has 8 nitrogen and oxygen atoms in total. The lowest BCUT2D eigenvalue weighted by atomic mass is 10.1. The molecule has 1 aliphatic carbocycles. The normalized spacial score (nSPS) is 26.2. The van der Waals surface area contributed by atoms with E-state index in [1.807, 2.05) is 6.07 Å². The van der Waals surface area contributed by atoms with Crippen LogP contribution in [0.1, 0.15) is 19.3 Å². The average molecular weight is 467 g/mol. The Morgan fingerprint density at radius 1 is 1.25 bits per heavy atom. The van der Waals surface area contributed by atoms with Crippen molar-refractivity contribution in [3.63, 3.8) is 0 Å². The van der Waals surface area contributed by atoms with E-state index in [2.05, 4.69) is 30.1 Å². The third-order valence-electron chi connectivity index (χ3n) is 6.38. The van der Waals surface area contributed by atoms with Gasteiger partial charge in [0.1, 0.15) is 17.4 Å². The molecule has 32 heavy (non-hydrogen) atoms. The van der Waals surface area contributed by atoms with Gasteiger partial charge in [0.05, 0.1) is 18.5 Å². The van der Waals surface area contributed by atoms with E-state index >= 15 is 0 Å². The fourth-order valence-electron chi connectivity index (χ4n) is 4.65. The summed E-state index contributed by atoms with van der Waals surface area (Å²) in [6.45, 7) is 2.04. The van der Waals surface area contributed by atoms with E-state index in [0.717, 1.165) is 31.7 Å². The predicted octanol–water partition coefficient (Wildman–Crippen LogP) is 2.95. The van der Waals surface area contributed by atoms with E-state index in [1.165, 1.54) is 0 Å². The second-order valence-corrected chi connectivity index (χ2v) is 9.00. The van der Waals surface area contributed by atoms with Crippen LogP contribution < -0.4 is 15.0 Å². The van der Waals surface area contributed by atoms with Gasteiger partial charge in [-0.3, -0.25) is 4.90 Å². The molecule has 0 unspecified atom stereocenters. The first kappa shape index (κ1) is 21.5. The molecule has 0 aromatic carbocycles. The molecule has 172 valence electrons. The smallest absolute Gasteiger partial charge is 0.252 e. The molecule has 2 saturated heterocycles. The maximum atomic E-state index is 13.4. The summed E-state index contributed by atoms with van der Waals surface area (Å²) in [5.41, 5.74) is 0.610. The first-order valence-electron chi connectivity index (χ1n) is 10.8. The van der Waals surface area contributed by atoms with Gasteiger partial charge in [0.25, 0.3) is 5.92 Å². The quantitative estimate of drug-likeness (QED) is 0.614. The highest BCUT2D eigenvalue weighted by atomic mass is 35.5. The number of pyridine rings is 1. The Morgan fingerprint density at radius 3 is 2.66 bits per heavy atom. The molecule has 1 saturated carbocycles. The number of ether oxygens (including phenoxy) is 1. The average Bonchev–Trinajstić information content (AvgIpc) is 3.31. The number of aliphatic hydroxyl groups excluding tert-OH is 1. The van der Waals surface area contributed by atoms with Crippen molar-refractivity contribution in [1.82, 2.24) is 19.9 Å². The minimum atomic E-state index is -2.47. The lowest BCUT2D eigenvalue weighted by Gasteiger charge is -2.41. The first-order chi connectivity index (χ1) is 15.4. The summed E-state index contributed by atoms with van der Waals surface area (Å²) in [6.07, 6.45) is 5.34. The maximum absolute atomic E-state index is 13.4. The predicted molar refractivity (Wildman–Crippen MR) is 116 cm³/mol. The SMILES string of the molecule is OCCOc1ncc(Nc2nccc(N3C[C@H]4CC[C@@H](C3)N4C[C@@H]3CC3(F)F)n2)cc1Cl. The first-order valence-corrected chi connectivity index (χ1v) is 11.2. The monoisotopic (exact) mass is 466 g/mol. The summed E-state index contributed by atoms with van der Waals surface area (Å²) < 4.78 is 32.1. The molecule has 3 aliphatic rings. The largest absolute Gasteiger partial charge is 0.474 e. The molecule has 2 aliphatic heterocycles. The second kappa shape index (κ2) is 8.57. The van der Waals surface area contributed by atoms with E-state index in [4.69, 9.17) is 21.4 Å². The molecule has 2 bridgehead atoms. The summed E-state index contributed by atoms with van der Waals surface area (Å²) in [6, 6.07) is 4.09. The van der Waals surface area contributed by atoms with Gasteiger partial charge in [-0.05, 0) is 25.0 Å². The summed E-state index contributed by atoms with van der Waals surface area (Å²) in [7, 11) is 0. The zero-order chi connectivity index (χ0) is 22.3. The number of hydrogen-bond donors (Lipinski definition) is 2. The highest BCUT2D eigenvalue weighted by molar-refractivity contribution is 6.32. The summed E-state index contributed by atoms with van der Waals surface area (Å²) in [5.74, 6) is -1.48. The van der Waals surface area contributed by atoms with Gasteiger partial charge < -0.3 is 20.1 Å². The van der Waals surface area contributed by atoms with E-state index in [1.54, 1.807) is 18.5 Å². The number of anilines is 3. The van der Waals surface area contributed by atoms with Crippen LogP contribution in [0.4, 0.5) is 26.2 Å². The van der Waals surface area contributed by atoms with Gasteiger partial charge in [0.2, 0.25) is 11.8 Å². The van der Waals surface area contributed by atoms with Crippen LogP contribution in [0.15, 0.2) is 24.5 Å². The molecule has 3 atom stereocenters. The van der Waals surface area contributed by atoms with Crippen LogP contribution in [0, 0.1) is 5.92 Å². The van der Waals surface area contributed by atoms with Crippen molar-refractivity contribution >= 4 is 29.1 Å². The number of nitrogens with zero attached hydrogens (tertiary/aromatic N) is 5. The van der Waals surface area contributed by atoms with Crippen LogP contribution in [0.2, 0.25) is 5.02 Å². The molecule has 0 radical (unpaired) electrons. The fraction of sp³-hybridized carbons (Fsp3) is 0.571. The molecular formula is C21H25ClF2N6O2. The molecule has 11 heteroatoms. The number of rotatable bonds is 8. The van der Waals surface area contributed by atoms with E-state index in [0.29, 0.717) is 23.2 Å². The van der Waals surface area contributed by atoms with Crippen LogP contribution in [0.5, 0.6) is 5.88 Å². The van der Waals surface area contributed by atoms with Crippen molar-refractivity contribution in [3.8, 4) is 5.88 Å². The maximum Gasteiger partial charge on any atom is 0.252 e. The molecule has 0 spiro atoms. The van der Waals surface area contributed by atoms with Crippen molar-refractivity contribution in [2.75, 3.05) is 43.1 Å². The van der Waals surface area contributed by atoms with Crippen LogP contribution in [-0.2, 0) is 0 Å². The Kier molecular flexibility index (Phi) is 5.77. The third-order valence-corrected chi connectivity index (χ3v) is 6.65. The molecule has 3 fully saturated rings. The summed E-state index contributed by atoms with van der Waals surface area (Å²) in [5, 5.41) is 12.3. The van der Waals surface area contributed by atoms with Crippen LogP contribution in [-0.4, -0.2) is 75.8 Å². The molecule has 2 N–H and O–H groups in total. The van der Waals surface area contributed by atoms with Crippen LogP contribution >= 0.6 is 11.6 Å². The number of piperazine rings is 1. The van der Waals surface area contributed by atoms with Crippen molar-refractivity contribution in [1.29, 1.82) is 0 Å². The minimum absolute atomic E-state index is 0.0288. The molecule has 4 heterocycles. The number of nitrogens with one attached hydrogen (secondary N) is 1. The second-order valence-electron chi connectivity index (χ2n) is 8.60. The topological polar surface area (TPSA) is 86.6 Å². The van der Waals surface area contributed by atoms with Crippen molar-refractivity contribution in [2.45, 2.75) is 37.3 Å². The number of aliphatic hydroxyl groups is 1. The lowest BCUT2D eigenvalue weighted by molar-refractivity contribution is 0.0750. The molecule has 5 rings (SSSR count). The van der Waals surface area contributed by atoms with Crippen LogP contribution in [0.25, 0.3) is 0 Å². The van der Waals surface area contributed by atoms with Gasteiger partial charge in [0, 0.05) is 50.3 Å². The number of alkyl halides is 2. The number of hydrogen-bond acceptors (Lipinski definition) is 8. The van der Waals surface area contributed by atoms with Gasteiger partial charge in [0.15, 0.2) is 0 Å². The van der Waals surface area contributed by atoms with Gasteiger partial charge in [-0.2, -0.15) is 4.98 Å².